The number of nitrogens with one attached hydrogen (secondary N) is 2. The normalized spacial score (nSPS) is 11.5. The zero-order valence-electron chi connectivity index (χ0n) is 11.4. The second-order valence-electron chi connectivity index (χ2n) is 5.36. The van der Waals surface area contributed by atoms with E-state index in [2.05, 4.69) is 15.3 Å². The topological polar surface area (TPSA) is 95.1 Å². The van der Waals surface area contributed by atoms with E-state index in [1.165, 1.54) is 0 Å². The third-order valence-corrected chi connectivity index (χ3v) is 3.19. The minimum Gasteiger partial charge on any atom is -0.481 e. The Hall–Kier alpha value is -2.37. The lowest BCUT2D eigenvalue weighted by atomic mass is 9.94. The molecule has 1 amide bonds. The van der Waals surface area contributed by atoms with Crippen molar-refractivity contribution in [3.05, 3.63) is 30.1 Å². The summed E-state index contributed by atoms with van der Waals surface area (Å²) in [6.07, 6.45) is 3.62. The summed E-state index contributed by atoms with van der Waals surface area (Å²) in [4.78, 5) is 30.0. The molecule has 0 saturated carbocycles. The van der Waals surface area contributed by atoms with Gasteiger partial charge in [-0.2, -0.15) is 0 Å². The third-order valence-electron chi connectivity index (χ3n) is 3.19. The number of aromatic amines is 1. The lowest BCUT2D eigenvalue weighted by Gasteiger charge is -2.19. The van der Waals surface area contributed by atoms with Crippen molar-refractivity contribution < 1.29 is 14.7 Å². The first-order chi connectivity index (χ1) is 9.40. The van der Waals surface area contributed by atoms with Gasteiger partial charge in [0, 0.05) is 24.3 Å². The number of fused-ring (bicyclic) bond motifs is 1. The second-order valence-corrected chi connectivity index (χ2v) is 5.36. The molecule has 0 aromatic carbocycles. The van der Waals surface area contributed by atoms with Gasteiger partial charge in [0.15, 0.2) is 0 Å². The molecule has 20 heavy (non-hydrogen) atoms. The van der Waals surface area contributed by atoms with Crippen LogP contribution in [-0.2, 0) is 16.0 Å². The summed E-state index contributed by atoms with van der Waals surface area (Å²) >= 11 is 0. The number of aliphatic carboxylic acids is 1. The zero-order chi connectivity index (χ0) is 14.8. The Morgan fingerprint density at radius 1 is 1.45 bits per heavy atom. The first-order valence-electron chi connectivity index (χ1n) is 6.31. The van der Waals surface area contributed by atoms with Crippen LogP contribution in [0.4, 0.5) is 0 Å². The zero-order valence-corrected chi connectivity index (χ0v) is 11.4. The maximum Gasteiger partial charge on any atom is 0.310 e. The van der Waals surface area contributed by atoms with Crippen LogP contribution in [0.2, 0.25) is 0 Å². The van der Waals surface area contributed by atoms with E-state index >= 15 is 0 Å². The van der Waals surface area contributed by atoms with E-state index in [-0.39, 0.29) is 18.9 Å². The molecule has 0 aliphatic heterocycles. The van der Waals surface area contributed by atoms with Crippen LogP contribution in [0.25, 0.3) is 11.0 Å². The van der Waals surface area contributed by atoms with Crippen molar-refractivity contribution >= 4 is 22.9 Å². The molecular weight excluding hydrogens is 258 g/mol. The average molecular weight is 275 g/mol. The summed E-state index contributed by atoms with van der Waals surface area (Å²) in [5.41, 5.74) is 0.608. The first-order valence-corrected chi connectivity index (χ1v) is 6.31. The van der Waals surface area contributed by atoms with Crippen molar-refractivity contribution in [3.8, 4) is 0 Å². The van der Waals surface area contributed by atoms with Crippen LogP contribution in [0.15, 0.2) is 24.5 Å². The van der Waals surface area contributed by atoms with Crippen molar-refractivity contribution in [1.29, 1.82) is 0 Å². The highest BCUT2D eigenvalue weighted by Gasteiger charge is 2.27. The summed E-state index contributed by atoms with van der Waals surface area (Å²) in [7, 11) is 0. The van der Waals surface area contributed by atoms with Gasteiger partial charge in [0.25, 0.3) is 0 Å². The number of nitrogens with zero attached hydrogens (tertiary/aromatic N) is 1. The maximum absolute atomic E-state index is 11.9. The largest absolute Gasteiger partial charge is 0.481 e. The molecule has 6 nitrogen and oxygen atoms in total. The van der Waals surface area contributed by atoms with Crippen LogP contribution < -0.4 is 5.32 Å². The lowest BCUT2D eigenvalue weighted by Crippen LogP contribution is -2.39. The van der Waals surface area contributed by atoms with Crippen molar-refractivity contribution in [3.63, 3.8) is 0 Å². The lowest BCUT2D eigenvalue weighted by molar-refractivity contribution is -0.146. The SMILES string of the molecule is CC(C)(CNC(=O)Cc1c[nH]c2ncccc12)C(=O)O. The number of H-pyrrole nitrogens is 1. The number of hydrogen-bond acceptors (Lipinski definition) is 3. The van der Waals surface area contributed by atoms with Gasteiger partial charge in [0.1, 0.15) is 5.65 Å². The van der Waals surface area contributed by atoms with E-state index in [1.807, 2.05) is 12.1 Å². The Kier molecular flexibility index (Phi) is 3.74. The summed E-state index contributed by atoms with van der Waals surface area (Å²) in [6, 6.07) is 3.70. The molecule has 0 fully saturated rings. The fourth-order valence-corrected chi connectivity index (χ4v) is 1.79. The Morgan fingerprint density at radius 3 is 2.90 bits per heavy atom. The quantitative estimate of drug-likeness (QED) is 0.767. The molecule has 0 atom stereocenters. The molecule has 2 aromatic rings. The number of pyridine rings is 1. The highest BCUT2D eigenvalue weighted by molar-refractivity contribution is 5.87. The molecule has 106 valence electrons. The number of carbonyl (C=O) groups is 2. The number of aromatic nitrogens is 2. The number of carbonyl (C=O) groups excluding carboxylic acids is 1. The molecule has 2 rings (SSSR count). The Balaban J connectivity index is 2.00. The van der Waals surface area contributed by atoms with E-state index in [1.54, 1.807) is 26.2 Å². The minimum absolute atomic E-state index is 0.0990. The molecule has 2 heterocycles. The first kappa shape index (κ1) is 14.0. The van der Waals surface area contributed by atoms with Gasteiger partial charge in [0.05, 0.1) is 11.8 Å². The van der Waals surface area contributed by atoms with Crippen LogP contribution in [0.1, 0.15) is 19.4 Å². The van der Waals surface area contributed by atoms with Crippen LogP contribution in [-0.4, -0.2) is 33.5 Å². The van der Waals surface area contributed by atoms with Crippen molar-refractivity contribution in [2.45, 2.75) is 20.3 Å². The summed E-state index contributed by atoms with van der Waals surface area (Å²) in [6.45, 7) is 3.25. The highest BCUT2D eigenvalue weighted by Crippen LogP contribution is 2.17. The molecule has 6 heteroatoms. The smallest absolute Gasteiger partial charge is 0.310 e. The molecule has 3 N–H and O–H groups in total. The van der Waals surface area contributed by atoms with Crippen molar-refractivity contribution in [2.75, 3.05) is 6.54 Å². The molecular formula is C14H17N3O3. The number of amides is 1. The van der Waals surface area contributed by atoms with Gasteiger partial charge < -0.3 is 15.4 Å². The fraction of sp³-hybridized carbons (Fsp3) is 0.357. The van der Waals surface area contributed by atoms with Crippen LogP contribution in [0.5, 0.6) is 0 Å². The van der Waals surface area contributed by atoms with E-state index in [0.717, 1.165) is 16.6 Å². The van der Waals surface area contributed by atoms with E-state index in [9.17, 15) is 9.59 Å². The Labute approximate surface area is 116 Å². The molecule has 0 aliphatic carbocycles. The summed E-state index contributed by atoms with van der Waals surface area (Å²) < 4.78 is 0. The molecule has 0 bridgehead atoms. The number of rotatable bonds is 5. The summed E-state index contributed by atoms with van der Waals surface area (Å²) in [5, 5.41) is 12.5. The molecule has 0 saturated heterocycles. The fourth-order valence-electron chi connectivity index (χ4n) is 1.79. The molecule has 0 radical (unpaired) electrons. The van der Waals surface area contributed by atoms with Crippen LogP contribution in [0.3, 0.4) is 0 Å². The van der Waals surface area contributed by atoms with Crippen LogP contribution >= 0.6 is 0 Å². The minimum atomic E-state index is -0.975. The van der Waals surface area contributed by atoms with E-state index < -0.39 is 11.4 Å². The standard InChI is InChI=1S/C14H17N3O3/c1-14(2,13(19)20)8-17-11(18)6-9-7-16-12-10(9)4-3-5-15-12/h3-5,7H,6,8H2,1-2H3,(H,15,16)(H,17,18)(H,19,20). The van der Waals surface area contributed by atoms with Gasteiger partial charge in [-0.05, 0) is 31.5 Å². The highest BCUT2D eigenvalue weighted by atomic mass is 16.4. The molecule has 0 unspecified atom stereocenters. The van der Waals surface area contributed by atoms with Gasteiger partial charge in [-0.3, -0.25) is 9.59 Å². The van der Waals surface area contributed by atoms with Crippen molar-refractivity contribution in [1.82, 2.24) is 15.3 Å². The summed E-state index contributed by atoms with van der Waals surface area (Å²) in [5.74, 6) is -1.14. The predicted molar refractivity (Wildman–Crippen MR) is 74.2 cm³/mol. The molecule has 2 aromatic heterocycles. The van der Waals surface area contributed by atoms with Gasteiger partial charge >= 0.3 is 5.97 Å². The predicted octanol–water partition coefficient (Wildman–Crippen LogP) is 1.33. The van der Waals surface area contributed by atoms with Gasteiger partial charge in [-0.25, -0.2) is 4.98 Å². The van der Waals surface area contributed by atoms with Gasteiger partial charge in [-0.1, -0.05) is 0 Å². The van der Waals surface area contributed by atoms with E-state index in [4.69, 9.17) is 5.11 Å². The average Bonchev–Trinajstić information content (AvgIpc) is 2.80. The Morgan fingerprint density at radius 2 is 2.20 bits per heavy atom. The van der Waals surface area contributed by atoms with Crippen LogP contribution in [0, 0.1) is 5.41 Å². The monoisotopic (exact) mass is 275 g/mol. The third kappa shape index (κ3) is 2.96. The second kappa shape index (κ2) is 5.32. The number of hydrogen-bond donors (Lipinski definition) is 3. The van der Waals surface area contributed by atoms with Gasteiger partial charge in [-0.15, -0.1) is 0 Å². The number of carboxylic acids is 1. The maximum atomic E-state index is 11.9. The van der Waals surface area contributed by atoms with Gasteiger partial charge in [0.2, 0.25) is 5.91 Å². The molecule has 0 spiro atoms. The van der Waals surface area contributed by atoms with E-state index in [0.29, 0.717) is 0 Å². The van der Waals surface area contributed by atoms with Crippen molar-refractivity contribution in [2.24, 2.45) is 5.41 Å². The Bertz CT molecular complexity index is 646. The molecule has 0 aliphatic rings. The number of carboxylic acid groups (broad SMARTS) is 1.